The number of hydrogen-bond acceptors (Lipinski definition) is 5. The van der Waals surface area contributed by atoms with Gasteiger partial charge in [0.05, 0.1) is 23.1 Å². The SMILES string of the molecule is Cc1nn(C)c(C(=O)NC(C)c2c(C)noc2C)c1N. The molecule has 7 nitrogen and oxygen atoms in total. The molecule has 7 heteroatoms. The Hall–Kier alpha value is -2.31. The summed E-state index contributed by atoms with van der Waals surface area (Å²) in [6.07, 6.45) is 0. The van der Waals surface area contributed by atoms with E-state index in [2.05, 4.69) is 15.6 Å². The number of aromatic nitrogens is 3. The second-order valence-corrected chi connectivity index (χ2v) is 4.90. The summed E-state index contributed by atoms with van der Waals surface area (Å²) in [6, 6.07) is -0.219. The van der Waals surface area contributed by atoms with Gasteiger partial charge in [0.1, 0.15) is 11.5 Å². The van der Waals surface area contributed by atoms with Crippen molar-refractivity contribution in [3.63, 3.8) is 0 Å². The number of nitrogens with two attached hydrogens (primary N) is 1. The average Bonchev–Trinajstić information content (AvgIpc) is 2.80. The van der Waals surface area contributed by atoms with E-state index in [9.17, 15) is 4.79 Å². The smallest absolute Gasteiger partial charge is 0.272 e. The molecule has 0 saturated carbocycles. The van der Waals surface area contributed by atoms with E-state index in [1.54, 1.807) is 14.0 Å². The van der Waals surface area contributed by atoms with Crippen LogP contribution in [-0.2, 0) is 7.05 Å². The molecule has 2 heterocycles. The number of nitrogens with one attached hydrogen (secondary N) is 1. The fourth-order valence-corrected chi connectivity index (χ4v) is 2.39. The van der Waals surface area contributed by atoms with Crippen LogP contribution in [0.15, 0.2) is 4.52 Å². The largest absolute Gasteiger partial charge is 0.395 e. The molecule has 0 aliphatic rings. The maximum absolute atomic E-state index is 12.3. The standard InChI is InChI=1S/C13H19N5O2/c1-6(10-7(2)17-20-9(10)4)15-13(19)12-11(14)8(3)16-18(12)5/h6H,14H2,1-5H3,(H,15,19). The first-order chi connectivity index (χ1) is 9.32. The molecule has 0 radical (unpaired) electrons. The maximum atomic E-state index is 12.3. The van der Waals surface area contributed by atoms with E-state index < -0.39 is 0 Å². The van der Waals surface area contributed by atoms with Gasteiger partial charge in [0.25, 0.3) is 5.91 Å². The van der Waals surface area contributed by atoms with Crippen molar-refractivity contribution in [3.05, 3.63) is 28.4 Å². The number of nitrogen functional groups attached to an aromatic ring is 1. The number of carbonyl (C=O) groups is 1. The number of nitrogens with zero attached hydrogens (tertiary/aromatic N) is 3. The van der Waals surface area contributed by atoms with Crippen LogP contribution in [0.3, 0.4) is 0 Å². The van der Waals surface area contributed by atoms with E-state index in [0.717, 1.165) is 11.3 Å². The molecule has 0 spiro atoms. The first-order valence-corrected chi connectivity index (χ1v) is 6.35. The molecule has 1 atom stereocenters. The molecule has 108 valence electrons. The Morgan fingerprint density at radius 2 is 2.00 bits per heavy atom. The Morgan fingerprint density at radius 1 is 1.35 bits per heavy atom. The van der Waals surface area contributed by atoms with Crippen LogP contribution in [0.5, 0.6) is 0 Å². The van der Waals surface area contributed by atoms with E-state index in [4.69, 9.17) is 10.3 Å². The second kappa shape index (κ2) is 4.99. The topological polar surface area (TPSA) is 99.0 Å². The number of carbonyl (C=O) groups excluding carboxylic acids is 1. The zero-order chi connectivity index (χ0) is 15.0. The van der Waals surface area contributed by atoms with Crippen molar-refractivity contribution in [2.75, 3.05) is 5.73 Å². The molecule has 2 aromatic heterocycles. The van der Waals surface area contributed by atoms with Crippen LogP contribution in [0.4, 0.5) is 5.69 Å². The minimum absolute atomic E-state index is 0.219. The molecule has 0 aromatic carbocycles. The number of aryl methyl sites for hydroxylation is 4. The Labute approximate surface area is 117 Å². The van der Waals surface area contributed by atoms with Crippen molar-refractivity contribution in [1.29, 1.82) is 0 Å². The quantitative estimate of drug-likeness (QED) is 0.883. The van der Waals surface area contributed by atoms with Crippen LogP contribution in [0.25, 0.3) is 0 Å². The lowest BCUT2D eigenvalue weighted by Crippen LogP contribution is -2.29. The summed E-state index contributed by atoms with van der Waals surface area (Å²) in [4.78, 5) is 12.3. The fourth-order valence-electron chi connectivity index (χ4n) is 2.39. The fraction of sp³-hybridized carbons (Fsp3) is 0.462. The van der Waals surface area contributed by atoms with Gasteiger partial charge in [-0.1, -0.05) is 5.16 Å². The maximum Gasteiger partial charge on any atom is 0.272 e. The van der Waals surface area contributed by atoms with Gasteiger partial charge in [0.2, 0.25) is 0 Å². The molecule has 0 saturated heterocycles. The molecular weight excluding hydrogens is 258 g/mol. The van der Waals surface area contributed by atoms with Crippen molar-refractivity contribution >= 4 is 11.6 Å². The minimum atomic E-state index is -0.266. The summed E-state index contributed by atoms with van der Waals surface area (Å²) in [5.74, 6) is 0.433. The third kappa shape index (κ3) is 2.26. The van der Waals surface area contributed by atoms with Crippen LogP contribution >= 0.6 is 0 Å². The van der Waals surface area contributed by atoms with E-state index >= 15 is 0 Å². The zero-order valence-corrected chi connectivity index (χ0v) is 12.3. The monoisotopic (exact) mass is 277 g/mol. The first kappa shape index (κ1) is 14.1. The minimum Gasteiger partial charge on any atom is -0.395 e. The van der Waals surface area contributed by atoms with Crippen LogP contribution in [0, 0.1) is 20.8 Å². The molecule has 0 aliphatic carbocycles. The van der Waals surface area contributed by atoms with Gasteiger partial charge in [0, 0.05) is 12.6 Å². The Bertz CT molecular complexity index is 637. The summed E-state index contributed by atoms with van der Waals surface area (Å²) >= 11 is 0. The van der Waals surface area contributed by atoms with Gasteiger partial charge in [-0.3, -0.25) is 9.48 Å². The van der Waals surface area contributed by atoms with Crippen LogP contribution in [0.2, 0.25) is 0 Å². The predicted molar refractivity (Wildman–Crippen MR) is 74.2 cm³/mol. The Morgan fingerprint density at radius 3 is 2.45 bits per heavy atom. The predicted octanol–water partition coefficient (Wildman–Crippen LogP) is 1.41. The van der Waals surface area contributed by atoms with E-state index in [0.29, 0.717) is 22.8 Å². The lowest BCUT2D eigenvalue weighted by molar-refractivity contribution is 0.0931. The normalized spacial score (nSPS) is 12.4. The van der Waals surface area contributed by atoms with Crippen molar-refractivity contribution in [2.45, 2.75) is 33.7 Å². The van der Waals surface area contributed by atoms with Crippen LogP contribution in [-0.4, -0.2) is 20.8 Å². The highest BCUT2D eigenvalue weighted by molar-refractivity contribution is 5.98. The zero-order valence-electron chi connectivity index (χ0n) is 12.3. The van der Waals surface area contributed by atoms with Gasteiger partial charge >= 0.3 is 0 Å². The van der Waals surface area contributed by atoms with Gasteiger partial charge in [-0.15, -0.1) is 0 Å². The molecule has 0 bridgehead atoms. The molecule has 0 fully saturated rings. The van der Waals surface area contributed by atoms with Crippen molar-refractivity contribution < 1.29 is 9.32 Å². The van der Waals surface area contributed by atoms with Gasteiger partial charge in [0.15, 0.2) is 0 Å². The molecule has 2 rings (SSSR count). The highest BCUT2D eigenvalue weighted by Gasteiger charge is 2.23. The molecule has 20 heavy (non-hydrogen) atoms. The Balaban J connectivity index is 2.24. The first-order valence-electron chi connectivity index (χ1n) is 6.35. The summed E-state index contributed by atoms with van der Waals surface area (Å²) in [6.45, 7) is 7.31. The van der Waals surface area contributed by atoms with Crippen LogP contribution in [0.1, 0.15) is 46.2 Å². The molecule has 2 aromatic rings. The van der Waals surface area contributed by atoms with Gasteiger partial charge in [-0.25, -0.2) is 0 Å². The summed E-state index contributed by atoms with van der Waals surface area (Å²) in [7, 11) is 1.69. The van der Waals surface area contributed by atoms with Crippen molar-refractivity contribution in [1.82, 2.24) is 20.3 Å². The highest BCUT2D eigenvalue weighted by Crippen LogP contribution is 2.22. The second-order valence-electron chi connectivity index (χ2n) is 4.90. The summed E-state index contributed by atoms with van der Waals surface area (Å²) in [5.41, 5.74) is 8.94. The highest BCUT2D eigenvalue weighted by atomic mass is 16.5. The van der Waals surface area contributed by atoms with Crippen LogP contribution < -0.4 is 11.1 Å². The molecule has 1 amide bonds. The van der Waals surface area contributed by atoms with E-state index in [-0.39, 0.29) is 11.9 Å². The molecule has 3 N–H and O–H groups in total. The van der Waals surface area contributed by atoms with Crippen molar-refractivity contribution in [2.24, 2.45) is 7.05 Å². The third-order valence-corrected chi connectivity index (χ3v) is 3.35. The molecule has 1 unspecified atom stereocenters. The van der Waals surface area contributed by atoms with Gasteiger partial charge < -0.3 is 15.6 Å². The summed E-state index contributed by atoms with van der Waals surface area (Å²) < 4.78 is 6.60. The Kier molecular flexibility index (Phi) is 3.52. The van der Waals surface area contributed by atoms with Crippen molar-refractivity contribution in [3.8, 4) is 0 Å². The van der Waals surface area contributed by atoms with Gasteiger partial charge in [-0.2, -0.15) is 5.10 Å². The number of anilines is 1. The molecule has 0 aliphatic heterocycles. The molecular formula is C13H19N5O2. The number of hydrogen-bond donors (Lipinski definition) is 2. The third-order valence-electron chi connectivity index (χ3n) is 3.35. The summed E-state index contributed by atoms with van der Waals surface area (Å²) in [5, 5.41) is 10.9. The average molecular weight is 277 g/mol. The lowest BCUT2D eigenvalue weighted by Gasteiger charge is -2.14. The van der Waals surface area contributed by atoms with Gasteiger partial charge in [-0.05, 0) is 27.7 Å². The number of rotatable bonds is 3. The lowest BCUT2D eigenvalue weighted by atomic mass is 10.1. The van der Waals surface area contributed by atoms with E-state index in [1.165, 1.54) is 4.68 Å². The number of amides is 1. The van der Waals surface area contributed by atoms with E-state index in [1.807, 2.05) is 20.8 Å².